The van der Waals surface area contributed by atoms with Crippen molar-refractivity contribution in [2.45, 2.75) is 58.3 Å². The van der Waals surface area contributed by atoms with Crippen molar-refractivity contribution in [1.82, 2.24) is 15.0 Å². The van der Waals surface area contributed by atoms with Gasteiger partial charge in [0.15, 0.2) is 5.82 Å². The van der Waals surface area contributed by atoms with Crippen LogP contribution in [0.3, 0.4) is 0 Å². The van der Waals surface area contributed by atoms with E-state index in [4.69, 9.17) is 8.94 Å². The molecule has 0 saturated carbocycles. The Labute approximate surface area is 164 Å². The van der Waals surface area contributed by atoms with Crippen LogP contribution in [0.5, 0.6) is 0 Å². The number of aryl methyl sites for hydroxylation is 1. The third kappa shape index (κ3) is 3.55. The number of hydrogen-bond donors (Lipinski definition) is 0. The normalized spacial score (nSPS) is 15.6. The zero-order chi connectivity index (χ0) is 19.7. The number of carbonyl (C=O) groups is 1. The van der Waals surface area contributed by atoms with E-state index in [0.717, 1.165) is 60.5 Å². The van der Waals surface area contributed by atoms with E-state index in [1.165, 1.54) is 0 Å². The smallest absolute Gasteiger partial charge is 0.229 e. The van der Waals surface area contributed by atoms with Gasteiger partial charge >= 0.3 is 0 Å². The Hall–Kier alpha value is -2.63. The third-order valence-corrected chi connectivity index (χ3v) is 5.60. The second-order valence-corrected chi connectivity index (χ2v) is 7.83. The average Bonchev–Trinajstić information content (AvgIpc) is 3.34. The van der Waals surface area contributed by atoms with Crippen molar-refractivity contribution in [1.29, 1.82) is 0 Å². The third-order valence-electron chi connectivity index (χ3n) is 5.60. The SMILES string of the molecule is CCc1oc2ccccc2c1CC(=O)N1CCC(c2noc(C(C)C)n2)CC1. The number of hydrogen-bond acceptors (Lipinski definition) is 5. The van der Waals surface area contributed by atoms with Crippen molar-refractivity contribution in [3.63, 3.8) is 0 Å². The number of fused-ring (bicyclic) bond motifs is 1. The fourth-order valence-electron chi connectivity index (χ4n) is 3.93. The Morgan fingerprint density at radius 2 is 2.00 bits per heavy atom. The van der Waals surface area contributed by atoms with E-state index in [2.05, 4.69) is 17.1 Å². The molecule has 0 N–H and O–H groups in total. The van der Waals surface area contributed by atoms with Crippen LogP contribution in [0.4, 0.5) is 0 Å². The van der Waals surface area contributed by atoms with Gasteiger partial charge in [0.2, 0.25) is 11.8 Å². The Morgan fingerprint density at radius 1 is 1.25 bits per heavy atom. The molecule has 1 aliphatic heterocycles. The van der Waals surface area contributed by atoms with E-state index in [1.807, 2.05) is 43.0 Å². The topological polar surface area (TPSA) is 72.4 Å². The van der Waals surface area contributed by atoms with Gasteiger partial charge in [-0.05, 0) is 18.9 Å². The monoisotopic (exact) mass is 381 g/mol. The van der Waals surface area contributed by atoms with Gasteiger partial charge in [-0.2, -0.15) is 4.98 Å². The average molecular weight is 381 g/mol. The van der Waals surface area contributed by atoms with Gasteiger partial charge in [-0.15, -0.1) is 0 Å². The van der Waals surface area contributed by atoms with Gasteiger partial charge in [0.1, 0.15) is 11.3 Å². The summed E-state index contributed by atoms with van der Waals surface area (Å²) in [7, 11) is 0. The number of piperidine rings is 1. The molecule has 3 aromatic rings. The maximum atomic E-state index is 12.9. The number of nitrogens with zero attached hydrogens (tertiary/aromatic N) is 3. The van der Waals surface area contributed by atoms with E-state index >= 15 is 0 Å². The molecule has 28 heavy (non-hydrogen) atoms. The van der Waals surface area contributed by atoms with Crippen LogP contribution >= 0.6 is 0 Å². The second kappa shape index (κ2) is 7.78. The molecule has 0 bridgehead atoms. The first kappa shape index (κ1) is 18.7. The first-order chi connectivity index (χ1) is 13.6. The fraction of sp³-hybridized carbons (Fsp3) is 0.500. The quantitative estimate of drug-likeness (QED) is 0.653. The summed E-state index contributed by atoms with van der Waals surface area (Å²) < 4.78 is 11.3. The lowest BCUT2D eigenvalue weighted by Gasteiger charge is -2.30. The highest BCUT2D eigenvalue weighted by Gasteiger charge is 2.28. The first-order valence-corrected chi connectivity index (χ1v) is 10.2. The molecule has 6 nitrogen and oxygen atoms in total. The largest absolute Gasteiger partial charge is 0.461 e. The molecular weight excluding hydrogens is 354 g/mol. The molecule has 0 aliphatic carbocycles. The van der Waals surface area contributed by atoms with Crippen LogP contribution in [-0.4, -0.2) is 34.0 Å². The number of aromatic nitrogens is 2. The summed E-state index contributed by atoms with van der Waals surface area (Å²) in [5.74, 6) is 3.05. The predicted molar refractivity (Wildman–Crippen MR) is 106 cm³/mol. The highest BCUT2D eigenvalue weighted by atomic mass is 16.5. The Balaban J connectivity index is 1.42. The van der Waals surface area contributed by atoms with Gasteiger partial charge in [-0.1, -0.05) is 44.1 Å². The summed E-state index contributed by atoms with van der Waals surface area (Å²) in [5.41, 5.74) is 1.89. The zero-order valence-electron chi connectivity index (χ0n) is 16.8. The highest BCUT2D eigenvalue weighted by molar-refractivity contribution is 5.88. The second-order valence-electron chi connectivity index (χ2n) is 7.83. The Morgan fingerprint density at radius 3 is 2.68 bits per heavy atom. The van der Waals surface area contributed by atoms with Gasteiger partial charge in [0.05, 0.1) is 6.42 Å². The van der Waals surface area contributed by atoms with Crippen LogP contribution in [0.1, 0.15) is 68.5 Å². The van der Waals surface area contributed by atoms with Crippen LogP contribution in [0.25, 0.3) is 11.0 Å². The van der Waals surface area contributed by atoms with Crippen LogP contribution in [-0.2, 0) is 17.6 Å². The van der Waals surface area contributed by atoms with Gasteiger partial charge < -0.3 is 13.8 Å². The van der Waals surface area contributed by atoms with Crippen molar-refractivity contribution in [3.8, 4) is 0 Å². The van der Waals surface area contributed by atoms with Crippen molar-refractivity contribution in [2.24, 2.45) is 0 Å². The summed E-state index contributed by atoms with van der Waals surface area (Å²) in [6.07, 6.45) is 2.92. The fourth-order valence-corrected chi connectivity index (χ4v) is 3.93. The Kier molecular flexibility index (Phi) is 5.20. The van der Waals surface area contributed by atoms with E-state index in [-0.39, 0.29) is 17.7 Å². The van der Waals surface area contributed by atoms with Gasteiger partial charge in [0.25, 0.3) is 0 Å². The molecule has 0 spiro atoms. The molecule has 0 atom stereocenters. The molecule has 4 rings (SSSR count). The molecule has 1 aliphatic rings. The molecule has 1 amide bonds. The first-order valence-electron chi connectivity index (χ1n) is 10.2. The highest BCUT2D eigenvalue weighted by Crippen LogP contribution is 2.30. The summed E-state index contributed by atoms with van der Waals surface area (Å²) in [4.78, 5) is 19.4. The molecule has 1 aromatic carbocycles. The number of amides is 1. The number of benzene rings is 1. The number of rotatable bonds is 5. The lowest BCUT2D eigenvalue weighted by Crippen LogP contribution is -2.39. The van der Waals surface area contributed by atoms with Crippen molar-refractivity contribution in [3.05, 3.63) is 47.3 Å². The van der Waals surface area contributed by atoms with Crippen LogP contribution in [0.15, 0.2) is 33.2 Å². The minimum absolute atomic E-state index is 0.163. The summed E-state index contributed by atoms with van der Waals surface area (Å²) >= 11 is 0. The summed E-state index contributed by atoms with van der Waals surface area (Å²) in [6, 6.07) is 7.96. The molecule has 0 radical (unpaired) electrons. The molecule has 148 valence electrons. The standard InChI is InChI=1S/C22H27N3O3/c1-4-18-17(16-7-5-6-8-19(16)27-18)13-20(26)25-11-9-15(10-12-25)21-23-22(14(2)3)28-24-21/h5-8,14-15H,4,9-13H2,1-3H3. The minimum Gasteiger partial charge on any atom is -0.461 e. The van der Waals surface area contributed by atoms with Crippen molar-refractivity contribution in [2.75, 3.05) is 13.1 Å². The van der Waals surface area contributed by atoms with Gasteiger partial charge in [0, 0.05) is 42.3 Å². The van der Waals surface area contributed by atoms with E-state index in [0.29, 0.717) is 12.3 Å². The van der Waals surface area contributed by atoms with E-state index < -0.39 is 0 Å². The predicted octanol–water partition coefficient (Wildman–Crippen LogP) is 4.45. The summed E-state index contributed by atoms with van der Waals surface area (Å²) in [6.45, 7) is 7.61. The lowest BCUT2D eigenvalue weighted by atomic mass is 9.95. The zero-order valence-corrected chi connectivity index (χ0v) is 16.8. The molecule has 0 unspecified atom stereocenters. The Bertz CT molecular complexity index is 964. The van der Waals surface area contributed by atoms with Crippen LogP contribution in [0, 0.1) is 0 Å². The van der Waals surface area contributed by atoms with Crippen molar-refractivity contribution >= 4 is 16.9 Å². The maximum absolute atomic E-state index is 12.9. The van der Waals surface area contributed by atoms with Crippen LogP contribution < -0.4 is 0 Å². The molecule has 3 heterocycles. The molecule has 1 fully saturated rings. The van der Waals surface area contributed by atoms with E-state index in [9.17, 15) is 4.79 Å². The number of para-hydroxylation sites is 1. The lowest BCUT2D eigenvalue weighted by molar-refractivity contribution is -0.131. The number of carbonyl (C=O) groups excluding carboxylic acids is 1. The van der Waals surface area contributed by atoms with Gasteiger partial charge in [-0.3, -0.25) is 4.79 Å². The van der Waals surface area contributed by atoms with Gasteiger partial charge in [-0.25, -0.2) is 0 Å². The molecular formula is C22H27N3O3. The molecule has 2 aromatic heterocycles. The van der Waals surface area contributed by atoms with Crippen LogP contribution in [0.2, 0.25) is 0 Å². The number of furan rings is 1. The maximum Gasteiger partial charge on any atom is 0.229 e. The molecule has 6 heteroatoms. The van der Waals surface area contributed by atoms with E-state index in [1.54, 1.807) is 0 Å². The molecule has 1 saturated heterocycles. The van der Waals surface area contributed by atoms with Crippen molar-refractivity contribution < 1.29 is 13.7 Å². The minimum atomic E-state index is 0.163. The number of likely N-dealkylation sites (tertiary alicyclic amines) is 1. The summed E-state index contributed by atoms with van der Waals surface area (Å²) in [5, 5.41) is 5.20.